The van der Waals surface area contributed by atoms with E-state index in [1.54, 1.807) is 0 Å². The Morgan fingerprint density at radius 1 is 1.28 bits per heavy atom. The summed E-state index contributed by atoms with van der Waals surface area (Å²) >= 11 is 3.27. The zero-order valence-electron chi connectivity index (χ0n) is 10.8. The molecule has 1 N–H and O–H groups in total. The van der Waals surface area contributed by atoms with Crippen LogP contribution in [0.2, 0.25) is 0 Å². The van der Waals surface area contributed by atoms with E-state index in [0.29, 0.717) is 12.1 Å². The highest BCUT2D eigenvalue weighted by molar-refractivity contribution is 9.10. The molecule has 6 heteroatoms. The van der Waals surface area contributed by atoms with Crippen molar-refractivity contribution in [3.05, 3.63) is 22.5 Å². The van der Waals surface area contributed by atoms with Crippen LogP contribution in [-0.4, -0.2) is 36.0 Å². The molecule has 0 fully saturated rings. The SMILES string of the molecule is COC(=O)c1[nH]c(C)c(CC(Br)C(=O)OC)c1C. The van der Waals surface area contributed by atoms with Gasteiger partial charge in [-0.25, -0.2) is 4.79 Å². The number of ether oxygens (including phenoxy) is 2. The summed E-state index contributed by atoms with van der Waals surface area (Å²) in [5.41, 5.74) is 2.99. The molecule has 0 spiro atoms. The molecule has 0 bridgehead atoms. The number of carbonyl (C=O) groups excluding carboxylic acids is 2. The van der Waals surface area contributed by atoms with E-state index < -0.39 is 10.8 Å². The minimum Gasteiger partial charge on any atom is -0.468 e. The number of aryl methyl sites for hydroxylation is 1. The van der Waals surface area contributed by atoms with Gasteiger partial charge < -0.3 is 14.5 Å². The number of alkyl halides is 1. The molecule has 100 valence electrons. The smallest absolute Gasteiger partial charge is 0.354 e. The van der Waals surface area contributed by atoms with Crippen molar-refractivity contribution in [2.45, 2.75) is 25.1 Å². The molecule has 1 rings (SSSR count). The van der Waals surface area contributed by atoms with Gasteiger partial charge in [0.1, 0.15) is 10.5 Å². The first-order chi connectivity index (χ1) is 8.42. The van der Waals surface area contributed by atoms with Gasteiger partial charge >= 0.3 is 11.9 Å². The summed E-state index contributed by atoms with van der Waals surface area (Å²) in [6.45, 7) is 3.67. The molecule has 1 unspecified atom stereocenters. The molecule has 1 atom stereocenters. The zero-order chi connectivity index (χ0) is 13.9. The van der Waals surface area contributed by atoms with Crippen LogP contribution in [0.4, 0.5) is 0 Å². The molecule has 0 aliphatic rings. The molecule has 1 aromatic heterocycles. The lowest BCUT2D eigenvalue weighted by atomic mass is 10.0. The normalized spacial score (nSPS) is 12.1. The topological polar surface area (TPSA) is 68.4 Å². The Morgan fingerprint density at radius 3 is 2.39 bits per heavy atom. The number of hydrogen-bond acceptors (Lipinski definition) is 4. The van der Waals surface area contributed by atoms with E-state index >= 15 is 0 Å². The summed E-state index contributed by atoms with van der Waals surface area (Å²) in [6.07, 6.45) is 0.456. The molecule has 0 amide bonds. The summed E-state index contributed by atoms with van der Waals surface area (Å²) in [6, 6.07) is 0. The third-order valence-corrected chi connectivity index (χ3v) is 3.52. The summed E-state index contributed by atoms with van der Waals surface area (Å²) in [7, 11) is 2.67. The predicted molar refractivity (Wildman–Crippen MR) is 70.0 cm³/mol. The highest BCUT2D eigenvalue weighted by Crippen LogP contribution is 2.22. The van der Waals surface area contributed by atoms with Gasteiger partial charge in [0.25, 0.3) is 0 Å². The minimum absolute atomic E-state index is 0.338. The third kappa shape index (κ3) is 2.93. The van der Waals surface area contributed by atoms with Crippen molar-refractivity contribution in [3.8, 4) is 0 Å². The fourth-order valence-electron chi connectivity index (χ4n) is 1.79. The fourth-order valence-corrected chi connectivity index (χ4v) is 2.30. The third-order valence-electron chi connectivity index (χ3n) is 2.82. The molecule has 0 aliphatic carbocycles. The second-order valence-electron chi connectivity index (χ2n) is 3.91. The maximum absolute atomic E-state index is 11.5. The number of nitrogens with one attached hydrogen (secondary N) is 1. The Bertz CT molecular complexity index is 467. The van der Waals surface area contributed by atoms with Crippen LogP contribution in [0.25, 0.3) is 0 Å². The summed E-state index contributed by atoms with van der Waals surface area (Å²) in [5.74, 6) is -0.749. The number of esters is 2. The van der Waals surface area contributed by atoms with Crippen LogP contribution in [-0.2, 0) is 20.7 Å². The first kappa shape index (κ1) is 14.8. The van der Waals surface area contributed by atoms with Gasteiger partial charge in [-0.15, -0.1) is 0 Å². The minimum atomic E-state index is -0.429. The highest BCUT2D eigenvalue weighted by Gasteiger charge is 2.22. The van der Waals surface area contributed by atoms with E-state index in [1.165, 1.54) is 14.2 Å². The van der Waals surface area contributed by atoms with Crippen LogP contribution in [0.3, 0.4) is 0 Å². The molecule has 1 heterocycles. The van der Waals surface area contributed by atoms with Gasteiger partial charge in [0.2, 0.25) is 0 Å². The Kier molecular flexibility index (Phi) is 4.95. The van der Waals surface area contributed by atoms with Gasteiger partial charge in [-0.3, -0.25) is 4.79 Å². The van der Waals surface area contributed by atoms with E-state index in [0.717, 1.165) is 16.8 Å². The van der Waals surface area contributed by atoms with Gasteiger partial charge in [0.15, 0.2) is 0 Å². The van der Waals surface area contributed by atoms with Crippen molar-refractivity contribution in [3.63, 3.8) is 0 Å². The average molecular weight is 318 g/mol. The number of aromatic nitrogens is 1. The van der Waals surface area contributed by atoms with Gasteiger partial charge in [0.05, 0.1) is 14.2 Å². The predicted octanol–water partition coefficient (Wildman–Crippen LogP) is 1.90. The molecule has 1 aromatic rings. The zero-order valence-corrected chi connectivity index (χ0v) is 12.4. The fraction of sp³-hybridized carbons (Fsp3) is 0.500. The number of aromatic amines is 1. The maximum Gasteiger partial charge on any atom is 0.354 e. The molecule has 0 aliphatic heterocycles. The lowest BCUT2D eigenvalue weighted by Crippen LogP contribution is -2.18. The maximum atomic E-state index is 11.5. The molecule has 0 saturated carbocycles. The number of halogens is 1. The second-order valence-corrected chi connectivity index (χ2v) is 5.02. The number of H-pyrrole nitrogens is 1. The van der Waals surface area contributed by atoms with Crippen molar-refractivity contribution >= 4 is 27.9 Å². The van der Waals surface area contributed by atoms with Crippen molar-refractivity contribution in [1.82, 2.24) is 4.98 Å². The standard InChI is InChI=1S/C12H16BrNO4/c1-6-8(5-9(13)11(15)17-3)7(2)14-10(6)12(16)18-4/h9,14H,5H2,1-4H3. The summed E-state index contributed by atoms with van der Waals surface area (Å²) < 4.78 is 9.34. The molecule has 18 heavy (non-hydrogen) atoms. The molecular weight excluding hydrogens is 302 g/mol. The Labute approximate surface area is 114 Å². The van der Waals surface area contributed by atoms with Gasteiger partial charge in [-0.05, 0) is 31.4 Å². The Hall–Kier alpha value is -1.30. The van der Waals surface area contributed by atoms with Gasteiger partial charge in [0, 0.05) is 5.69 Å². The Morgan fingerprint density at radius 2 is 1.89 bits per heavy atom. The van der Waals surface area contributed by atoms with Crippen LogP contribution in [0, 0.1) is 13.8 Å². The largest absolute Gasteiger partial charge is 0.468 e. The quantitative estimate of drug-likeness (QED) is 0.680. The lowest BCUT2D eigenvalue weighted by molar-refractivity contribution is -0.139. The first-order valence-electron chi connectivity index (χ1n) is 5.40. The number of methoxy groups -OCH3 is 2. The average Bonchev–Trinajstić information content (AvgIpc) is 2.64. The van der Waals surface area contributed by atoms with Crippen LogP contribution in [0.1, 0.15) is 27.3 Å². The van der Waals surface area contributed by atoms with E-state index in [4.69, 9.17) is 0 Å². The molecule has 0 aromatic carbocycles. The van der Waals surface area contributed by atoms with Crippen molar-refractivity contribution < 1.29 is 19.1 Å². The highest BCUT2D eigenvalue weighted by atomic mass is 79.9. The van der Waals surface area contributed by atoms with Crippen molar-refractivity contribution in [1.29, 1.82) is 0 Å². The molecular formula is C12H16BrNO4. The van der Waals surface area contributed by atoms with E-state index in [-0.39, 0.29) is 5.97 Å². The lowest BCUT2D eigenvalue weighted by Gasteiger charge is -2.08. The summed E-state index contributed by atoms with van der Waals surface area (Å²) in [5, 5.41) is 0. The number of carbonyl (C=O) groups is 2. The van der Waals surface area contributed by atoms with E-state index in [9.17, 15) is 9.59 Å². The number of hydrogen-bond donors (Lipinski definition) is 1. The summed E-state index contributed by atoms with van der Waals surface area (Å²) in [4.78, 5) is 25.4. The van der Waals surface area contributed by atoms with E-state index in [2.05, 4.69) is 30.4 Å². The monoisotopic (exact) mass is 317 g/mol. The van der Waals surface area contributed by atoms with Gasteiger partial charge in [-0.1, -0.05) is 15.9 Å². The molecule has 0 radical (unpaired) electrons. The van der Waals surface area contributed by atoms with Crippen molar-refractivity contribution in [2.75, 3.05) is 14.2 Å². The molecule has 0 saturated heterocycles. The first-order valence-corrected chi connectivity index (χ1v) is 6.32. The molecule has 5 nitrogen and oxygen atoms in total. The van der Waals surface area contributed by atoms with Gasteiger partial charge in [-0.2, -0.15) is 0 Å². The van der Waals surface area contributed by atoms with Crippen molar-refractivity contribution in [2.24, 2.45) is 0 Å². The van der Waals surface area contributed by atoms with Crippen LogP contribution < -0.4 is 0 Å². The Balaban J connectivity index is 3.00. The van der Waals surface area contributed by atoms with Crippen LogP contribution in [0.5, 0.6) is 0 Å². The van der Waals surface area contributed by atoms with E-state index in [1.807, 2.05) is 13.8 Å². The van der Waals surface area contributed by atoms with Crippen LogP contribution >= 0.6 is 15.9 Å². The number of rotatable bonds is 4. The second kappa shape index (κ2) is 6.04. The van der Waals surface area contributed by atoms with Crippen LogP contribution in [0.15, 0.2) is 0 Å².